The summed E-state index contributed by atoms with van der Waals surface area (Å²) in [6.45, 7) is 4.71. The highest BCUT2D eigenvalue weighted by molar-refractivity contribution is 5.97. The minimum absolute atomic E-state index is 0.0287. The highest BCUT2D eigenvalue weighted by Crippen LogP contribution is 2.19. The lowest BCUT2D eigenvalue weighted by Crippen LogP contribution is -2.51. The van der Waals surface area contributed by atoms with Gasteiger partial charge >= 0.3 is 6.03 Å². The van der Waals surface area contributed by atoms with Gasteiger partial charge in [0.1, 0.15) is 5.82 Å². The Kier molecular flexibility index (Phi) is 6.71. The number of fused-ring (bicyclic) bond motifs is 1. The molecule has 0 spiro atoms. The predicted molar refractivity (Wildman–Crippen MR) is 111 cm³/mol. The van der Waals surface area contributed by atoms with E-state index >= 15 is 0 Å². The van der Waals surface area contributed by atoms with Gasteiger partial charge in [-0.15, -0.1) is 0 Å². The van der Waals surface area contributed by atoms with Crippen molar-refractivity contribution in [3.8, 4) is 0 Å². The fourth-order valence-electron chi connectivity index (χ4n) is 3.46. The standard InChI is InChI=1S/C20H30N6O3/c1-23(2)19(27)15-5-6-17-16(13-15)22-18(24(17)3)14-25-8-10-26(11-9-25)20(28)21-7-12-29-4/h5-6,13H,7-12,14H2,1-4H3,(H,21,28). The Morgan fingerprint density at radius 1 is 1.21 bits per heavy atom. The van der Waals surface area contributed by atoms with Crippen LogP contribution in [-0.4, -0.2) is 96.7 Å². The van der Waals surface area contributed by atoms with E-state index in [0.29, 0.717) is 38.3 Å². The van der Waals surface area contributed by atoms with Crippen LogP contribution >= 0.6 is 0 Å². The van der Waals surface area contributed by atoms with E-state index in [9.17, 15) is 9.59 Å². The number of nitrogens with one attached hydrogen (secondary N) is 1. The van der Waals surface area contributed by atoms with Crippen molar-refractivity contribution in [2.24, 2.45) is 7.05 Å². The second kappa shape index (κ2) is 9.23. The number of methoxy groups -OCH3 is 1. The Hall–Kier alpha value is -2.65. The lowest BCUT2D eigenvalue weighted by atomic mass is 10.2. The maximum atomic E-state index is 12.2. The van der Waals surface area contributed by atoms with E-state index in [1.54, 1.807) is 26.1 Å². The number of ether oxygens (including phenoxy) is 1. The molecular weight excluding hydrogens is 372 g/mol. The fraction of sp³-hybridized carbons (Fsp3) is 0.550. The largest absolute Gasteiger partial charge is 0.383 e. The van der Waals surface area contributed by atoms with Crippen LogP contribution in [0.15, 0.2) is 18.2 Å². The predicted octanol–water partition coefficient (Wildman–Crippen LogP) is 0.749. The summed E-state index contributed by atoms with van der Waals surface area (Å²) in [5.41, 5.74) is 2.47. The van der Waals surface area contributed by atoms with Crippen LogP contribution in [0.4, 0.5) is 4.79 Å². The van der Waals surface area contributed by atoms with Crippen molar-refractivity contribution in [2.45, 2.75) is 6.54 Å². The molecule has 0 atom stereocenters. The topological polar surface area (TPSA) is 82.9 Å². The molecule has 29 heavy (non-hydrogen) atoms. The first kappa shape index (κ1) is 21.1. The Balaban J connectivity index is 1.61. The van der Waals surface area contributed by atoms with Crippen molar-refractivity contribution in [2.75, 3.05) is 60.5 Å². The van der Waals surface area contributed by atoms with Crippen LogP contribution in [0.3, 0.4) is 0 Å². The maximum Gasteiger partial charge on any atom is 0.317 e. The van der Waals surface area contributed by atoms with Gasteiger partial charge in [-0.3, -0.25) is 9.69 Å². The highest BCUT2D eigenvalue weighted by atomic mass is 16.5. The number of benzene rings is 1. The first-order valence-electron chi connectivity index (χ1n) is 9.81. The van der Waals surface area contributed by atoms with E-state index in [1.165, 1.54) is 0 Å². The summed E-state index contributed by atoms with van der Waals surface area (Å²) >= 11 is 0. The third-order valence-corrected chi connectivity index (χ3v) is 5.23. The van der Waals surface area contributed by atoms with Crippen LogP contribution in [0.2, 0.25) is 0 Å². The van der Waals surface area contributed by atoms with E-state index in [-0.39, 0.29) is 11.9 Å². The number of piperazine rings is 1. The number of amides is 3. The van der Waals surface area contributed by atoms with Crippen molar-refractivity contribution >= 4 is 23.0 Å². The molecule has 1 fully saturated rings. The lowest BCUT2D eigenvalue weighted by Gasteiger charge is -2.34. The van der Waals surface area contributed by atoms with E-state index in [0.717, 1.165) is 29.9 Å². The first-order chi connectivity index (χ1) is 13.9. The third-order valence-electron chi connectivity index (χ3n) is 5.23. The van der Waals surface area contributed by atoms with Gasteiger partial charge in [0.2, 0.25) is 0 Å². The van der Waals surface area contributed by atoms with Crippen LogP contribution in [0.5, 0.6) is 0 Å². The number of aromatic nitrogens is 2. The van der Waals surface area contributed by atoms with Crippen LogP contribution in [0, 0.1) is 0 Å². The van der Waals surface area contributed by atoms with Gasteiger partial charge in [0.15, 0.2) is 0 Å². The second-order valence-corrected chi connectivity index (χ2v) is 7.48. The van der Waals surface area contributed by atoms with E-state index in [4.69, 9.17) is 9.72 Å². The normalized spacial score (nSPS) is 15.0. The molecule has 0 saturated carbocycles. The molecule has 2 heterocycles. The third kappa shape index (κ3) is 4.86. The van der Waals surface area contributed by atoms with Crippen LogP contribution in [0.25, 0.3) is 11.0 Å². The number of rotatable bonds is 6. The fourth-order valence-corrected chi connectivity index (χ4v) is 3.46. The molecule has 1 aliphatic heterocycles. The van der Waals surface area contributed by atoms with Crippen molar-refractivity contribution in [3.05, 3.63) is 29.6 Å². The summed E-state index contributed by atoms with van der Waals surface area (Å²) in [6, 6.07) is 5.60. The molecule has 9 heteroatoms. The average Bonchev–Trinajstić information content (AvgIpc) is 3.02. The van der Waals surface area contributed by atoms with Gasteiger partial charge in [-0.1, -0.05) is 0 Å². The number of nitrogens with zero attached hydrogens (tertiary/aromatic N) is 5. The Labute approximate surface area is 171 Å². The number of aryl methyl sites for hydroxylation is 1. The maximum absolute atomic E-state index is 12.2. The molecular formula is C20H30N6O3. The molecule has 9 nitrogen and oxygen atoms in total. The number of imidazole rings is 1. The zero-order valence-corrected chi connectivity index (χ0v) is 17.6. The summed E-state index contributed by atoms with van der Waals surface area (Å²) in [5, 5.41) is 2.86. The lowest BCUT2D eigenvalue weighted by molar-refractivity contribution is 0.0827. The average molecular weight is 402 g/mol. The molecule has 1 aromatic heterocycles. The van der Waals surface area contributed by atoms with E-state index in [1.807, 2.05) is 30.1 Å². The smallest absolute Gasteiger partial charge is 0.317 e. The van der Waals surface area contributed by atoms with E-state index in [2.05, 4.69) is 14.8 Å². The van der Waals surface area contributed by atoms with Crippen LogP contribution < -0.4 is 5.32 Å². The van der Waals surface area contributed by atoms with Gasteiger partial charge in [-0.05, 0) is 18.2 Å². The summed E-state index contributed by atoms with van der Waals surface area (Å²) in [6.07, 6.45) is 0. The molecule has 0 unspecified atom stereocenters. The minimum Gasteiger partial charge on any atom is -0.383 e. The summed E-state index contributed by atoms with van der Waals surface area (Å²) in [5.74, 6) is 0.923. The zero-order valence-electron chi connectivity index (χ0n) is 17.6. The minimum atomic E-state index is -0.0393. The Morgan fingerprint density at radius 2 is 1.93 bits per heavy atom. The van der Waals surface area contributed by atoms with Crippen LogP contribution in [-0.2, 0) is 18.3 Å². The summed E-state index contributed by atoms with van der Waals surface area (Å²) in [4.78, 5) is 34.8. The number of carbonyl (C=O) groups excluding carboxylic acids is 2. The van der Waals surface area contributed by atoms with E-state index < -0.39 is 0 Å². The van der Waals surface area contributed by atoms with Crippen molar-refractivity contribution in [1.29, 1.82) is 0 Å². The molecule has 0 bridgehead atoms. The van der Waals surface area contributed by atoms with Gasteiger partial charge in [-0.2, -0.15) is 0 Å². The molecule has 158 valence electrons. The molecule has 3 rings (SSSR count). The molecule has 0 radical (unpaired) electrons. The van der Waals surface area contributed by atoms with Crippen LogP contribution in [0.1, 0.15) is 16.2 Å². The highest BCUT2D eigenvalue weighted by Gasteiger charge is 2.22. The molecule has 3 amide bonds. The Morgan fingerprint density at radius 3 is 2.59 bits per heavy atom. The van der Waals surface area contributed by atoms with Gasteiger partial charge in [-0.25, -0.2) is 9.78 Å². The van der Waals surface area contributed by atoms with Gasteiger partial charge in [0.25, 0.3) is 5.91 Å². The van der Waals surface area contributed by atoms with Gasteiger partial charge in [0, 0.05) is 66.5 Å². The van der Waals surface area contributed by atoms with Crippen molar-refractivity contribution in [3.63, 3.8) is 0 Å². The summed E-state index contributed by atoms with van der Waals surface area (Å²) in [7, 11) is 7.10. The Bertz CT molecular complexity index is 870. The van der Waals surface area contributed by atoms with Crippen molar-refractivity contribution < 1.29 is 14.3 Å². The zero-order chi connectivity index (χ0) is 21.0. The number of hydrogen-bond acceptors (Lipinski definition) is 5. The second-order valence-electron chi connectivity index (χ2n) is 7.48. The monoisotopic (exact) mass is 402 g/mol. The number of urea groups is 1. The van der Waals surface area contributed by atoms with Gasteiger partial charge in [0.05, 0.1) is 24.2 Å². The molecule has 0 aliphatic carbocycles. The molecule has 1 aromatic carbocycles. The SMILES string of the molecule is COCCNC(=O)N1CCN(Cc2nc3cc(C(=O)N(C)C)ccc3n2C)CC1. The first-order valence-corrected chi connectivity index (χ1v) is 9.81. The quantitative estimate of drug-likeness (QED) is 0.721. The summed E-state index contributed by atoms with van der Waals surface area (Å²) < 4.78 is 7.03. The van der Waals surface area contributed by atoms with Crippen molar-refractivity contribution in [1.82, 2.24) is 29.6 Å². The molecule has 1 aliphatic rings. The molecule has 1 saturated heterocycles. The molecule has 1 N–H and O–H groups in total. The number of carbonyl (C=O) groups is 2. The van der Waals surface area contributed by atoms with Gasteiger partial charge < -0.3 is 24.4 Å². The molecule has 2 aromatic rings. The number of hydrogen-bond donors (Lipinski definition) is 1.